The van der Waals surface area contributed by atoms with Gasteiger partial charge in [0.05, 0.1) is 22.1 Å². The number of nitrogens with one attached hydrogen (secondary N) is 2. The summed E-state index contributed by atoms with van der Waals surface area (Å²) in [4.78, 5) is 18.9. The van der Waals surface area contributed by atoms with Crippen molar-refractivity contribution >= 4 is 34.2 Å². The van der Waals surface area contributed by atoms with E-state index in [1.807, 2.05) is 18.2 Å². The zero-order valence-electron chi connectivity index (χ0n) is 17.5. The molecule has 3 heterocycles. The van der Waals surface area contributed by atoms with Crippen LogP contribution in [0.25, 0.3) is 11.0 Å². The summed E-state index contributed by atoms with van der Waals surface area (Å²) in [6.07, 6.45) is 8.87. The Kier molecular flexibility index (Phi) is 4.89. The molecular weight excluding hydrogens is 412 g/mol. The Bertz CT molecular complexity index is 1170. The van der Waals surface area contributed by atoms with Crippen molar-refractivity contribution in [1.82, 2.24) is 15.2 Å². The molecule has 0 radical (unpaired) electrons. The molecule has 1 aliphatic heterocycles. The fourth-order valence-corrected chi connectivity index (χ4v) is 5.18. The quantitative estimate of drug-likeness (QED) is 0.575. The Morgan fingerprint density at radius 2 is 2.13 bits per heavy atom. The third-order valence-electron chi connectivity index (χ3n) is 6.31. The third-order valence-corrected chi connectivity index (χ3v) is 6.61. The van der Waals surface area contributed by atoms with E-state index in [0.717, 1.165) is 53.7 Å². The minimum Gasteiger partial charge on any atom is -0.450 e. The number of anilines is 1. The number of benzene rings is 1. The lowest BCUT2D eigenvalue weighted by Crippen LogP contribution is -2.48. The second-order valence-corrected chi connectivity index (χ2v) is 8.94. The van der Waals surface area contributed by atoms with Crippen molar-refractivity contribution in [2.24, 2.45) is 0 Å². The van der Waals surface area contributed by atoms with Gasteiger partial charge in [-0.2, -0.15) is 0 Å². The summed E-state index contributed by atoms with van der Waals surface area (Å²) in [5, 5.41) is 8.31. The molecule has 1 saturated carbocycles. The van der Waals surface area contributed by atoms with E-state index >= 15 is 0 Å². The Morgan fingerprint density at radius 1 is 1.32 bits per heavy atom. The summed E-state index contributed by atoms with van der Waals surface area (Å²) in [5.41, 5.74) is 3.24. The number of halogens is 1. The molecule has 1 spiro atoms. The molecule has 2 aromatic heterocycles. The SMILES string of the molecule is C=C1Nc2c(Cl)cc3cc(C(=O)N(C)Cc4cccnc4)oc3c2C2(CCCCC2)N1. The van der Waals surface area contributed by atoms with E-state index in [1.54, 1.807) is 30.4 Å². The van der Waals surface area contributed by atoms with E-state index in [2.05, 4.69) is 22.2 Å². The van der Waals surface area contributed by atoms with Crippen LogP contribution in [0.3, 0.4) is 0 Å². The number of rotatable bonds is 3. The van der Waals surface area contributed by atoms with Gasteiger partial charge in [-0.25, -0.2) is 0 Å². The van der Waals surface area contributed by atoms with Crippen LogP contribution in [-0.4, -0.2) is 22.8 Å². The lowest BCUT2D eigenvalue weighted by molar-refractivity contribution is 0.0755. The molecule has 0 atom stereocenters. The van der Waals surface area contributed by atoms with Crippen LogP contribution in [0.15, 0.2) is 53.5 Å². The van der Waals surface area contributed by atoms with Crippen LogP contribution in [0.1, 0.15) is 53.8 Å². The lowest BCUT2D eigenvalue weighted by Gasteiger charge is -2.44. The van der Waals surface area contributed by atoms with Gasteiger partial charge in [-0.1, -0.05) is 43.5 Å². The normalized spacial score (nSPS) is 17.2. The molecule has 0 bridgehead atoms. The minimum atomic E-state index is -0.279. The van der Waals surface area contributed by atoms with E-state index in [1.165, 1.54) is 6.42 Å². The van der Waals surface area contributed by atoms with Gasteiger partial charge in [0, 0.05) is 36.9 Å². The topological polar surface area (TPSA) is 70.4 Å². The van der Waals surface area contributed by atoms with Crippen molar-refractivity contribution < 1.29 is 9.21 Å². The van der Waals surface area contributed by atoms with Crippen LogP contribution in [0.2, 0.25) is 5.02 Å². The molecule has 5 rings (SSSR count). The van der Waals surface area contributed by atoms with Crippen LogP contribution < -0.4 is 10.6 Å². The van der Waals surface area contributed by atoms with Gasteiger partial charge in [0.1, 0.15) is 5.58 Å². The lowest BCUT2D eigenvalue weighted by atomic mass is 9.74. The van der Waals surface area contributed by atoms with Gasteiger partial charge in [-0.3, -0.25) is 9.78 Å². The smallest absolute Gasteiger partial charge is 0.289 e. The molecule has 0 saturated heterocycles. The number of hydrogen-bond acceptors (Lipinski definition) is 5. The molecule has 160 valence electrons. The minimum absolute atomic E-state index is 0.177. The number of furan rings is 1. The average molecular weight is 437 g/mol. The van der Waals surface area contributed by atoms with E-state index < -0.39 is 0 Å². The van der Waals surface area contributed by atoms with Gasteiger partial charge in [0.15, 0.2) is 5.76 Å². The molecule has 6 nitrogen and oxygen atoms in total. The molecule has 1 amide bonds. The molecule has 1 aliphatic carbocycles. The molecule has 7 heteroatoms. The van der Waals surface area contributed by atoms with Crippen molar-refractivity contribution in [3.05, 3.63) is 71.0 Å². The second kappa shape index (κ2) is 7.61. The Balaban J connectivity index is 1.57. The highest BCUT2D eigenvalue weighted by Crippen LogP contribution is 2.49. The number of pyridine rings is 1. The van der Waals surface area contributed by atoms with Gasteiger partial charge < -0.3 is 20.0 Å². The highest BCUT2D eigenvalue weighted by Gasteiger charge is 2.42. The first kappa shape index (κ1) is 19.9. The maximum absolute atomic E-state index is 13.1. The molecule has 2 aliphatic rings. The molecule has 0 unspecified atom stereocenters. The Morgan fingerprint density at radius 3 is 2.87 bits per heavy atom. The van der Waals surface area contributed by atoms with Gasteiger partial charge in [-0.05, 0) is 36.6 Å². The highest BCUT2D eigenvalue weighted by molar-refractivity contribution is 6.34. The fourth-order valence-electron chi connectivity index (χ4n) is 4.92. The van der Waals surface area contributed by atoms with Gasteiger partial charge in [0.25, 0.3) is 5.91 Å². The van der Waals surface area contributed by atoms with Gasteiger partial charge in [-0.15, -0.1) is 0 Å². The first-order valence-corrected chi connectivity index (χ1v) is 11.0. The number of fused-ring (bicyclic) bond motifs is 4. The van der Waals surface area contributed by atoms with Crippen LogP contribution >= 0.6 is 11.6 Å². The number of amides is 1. The summed E-state index contributed by atoms with van der Waals surface area (Å²) in [5.74, 6) is 0.875. The van der Waals surface area contributed by atoms with Crippen LogP contribution in [0.5, 0.6) is 0 Å². The monoisotopic (exact) mass is 436 g/mol. The Labute approximate surface area is 186 Å². The molecule has 1 fully saturated rings. The number of aromatic nitrogens is 1. The Hall–Kier alpha value is -2.99. The van der Waals surface area contributed by atoms with Crippen molar-refractivity contribution in [3.8, 4) is 0 Å². The highest BCUT2D eigenvalue weighted by atomic mass is 35.5. The maximum atomic E-state index is 13.1. The van der Waals surface area contributed by atoms with Crippen molar-refractivity contribution in [2.45, 2.75) is 44.2 Å². The zero-order chi connectivity index (χ0) is 21.6. The zero-order valence-corrected chi connectivity index (χ0v) is 18.3. The van der Waals surface area contributed by atoms with E-state index in [-0.39, 0.29) is 11.4 Å². The van der Waals surface area contributed by atoms with E-state index in [9.17, 15) is 4.79 Å². The second-order valence-electron chi connectivity index (χ2n) is 8.53. The van der Waals surface area contributed by atoms with Crippen molar-refractivity contribution in [1.29, 1.82) is 0 Å². The van der Waals surface area contributed by atoms with Crippen molar-refractivity contribution in [2.75, 3.05) is 12.4 Å². The summed E-state index contributed by atoms with van der Waals surface area (Å²) < 4.78 is 6.23. The summed E-state index contributed by atoms with van der Waals surface area (Å²) >= 11 is 6.67. The standard InChI is InChI=1S/C24H25ClN4O2/c1-15-27-21-18(25)11-17-12-19(23(30)29(2)14-16-7-6-10-26-13-16)31-22(17)20(21)24(28-15)8-4-3-5-9-24/h6-7,10-13,27-28H,1,3-5,8-9,14H2,2H3. The number of nitrogens with zero attached hydrogens (tertiary/aromatic N) is 2. The third kappa shape index (κ3) is 3.45. The summed E-state index contributed by atoms with van der Waals surface area (Å²) in [7, 11) is 1.76. The van der Waals surface area contributed by atoms with Crippen molar-refractivity contribution in [3.63, 3.8) is 0 Å². The summed E-state index contributed by atoms with van der Waals surface area (Å²) in [6.45, 7) is 4.56. The fraction of sp³-hybridized carbons (Fsp3) is 0.333. The average Bonchev–Trinajstić information content (AvgIpc) is 3.17. The van der Waals surface area contributed by atoms with Crippen LogP contribution in [0, 0.1) is 0 Å². The first-order chi connectivity index (χ1) is 15.0. The molecular formula is C24H25ClN4O2. The molecule has 3 aromatic rings. The van der Waals surface area contributed by atoms with Crippen LogP contribution in [-0.2, 0) is 12.1 Å². The molecule has 1 aromatic carbocycles. The largest absolute Gasteiger partial charge is 0.450 e. The summed E-state index contributed by atoms with van der Waals surface area (Å²) in [6, 6.07) is 7.46. The number of carbonyl (C=O) groups excluding carboxylic acids is 1. The van der Waals surface area contributed by atoms with Gasteiger partial charge in [0.2, 0.25) is 0 Å². The number of hydrogen-bond donors (Lipinski definition) is 2. The van der Waals surface area contributed by atoms with Gasteiger partial charge >= 0.3 is 0 Å². The number of carbonyl (C=O) groups is 1. The van der Waals surface area contributed by atoms with E-state index in [4.69, 9.17) is 16.0 Å². The predicted molar refractivity (Wildman–Crippen MR) is 122 cm³/mol. The van der Waals surface area contributed by atoms with E-state index in [0.29, 0.717) is 22.9 Å². The predicted octanol–water partition coefficient (Wildman–Crippen LogP) is 5.40. The first-order valence-electron chi connectivity index (χ1n) is 10.6. The molecule has 2 N–H and O–H groups in total. The maximum Gasteiger partial charge on any atom is 0.289 e. The molecule has 31 heavy (non-hydrogen) atoms. The van der Waals surface area contributed by atoms with Crippen LogP contribution in [0.4, 0.5) is 5.69 Å².